The lowest BCUT2D eigenvalue weighted by molar-refractivity contribution is -0.139. The quantitative estimate of drug-likeness (QED) is 0.600. The average Bonchev–Trinajstić information content (AvgIpc) is 2.50. The summed E-state index contributed by atoms with van der Waals surface area (Å²) in [6.45, 7) is 0.678. The van der Waals surface area contributed by atoms with E-state index in [0.29, 0.717) is 18.8 Å². The molecule has 0 aliphatic carbocycles. The highest BCUT2D eigenvalue weighted by Gasteiger charge is 2.34. The van der Waals surface area contributed by atoms with Crippen molar-refractivity contribution >= 4 is 29.7 Å². The third-order valence-corrected chi connectivity index (χ3v) is 3.79. The van der Waals surface area contributed by atoms with Crippen molar-refractivity contribution < 1.29 is 24.2 Å². The van der Waals surface area contributed by atoms with E-state index in [-0.39, 0.29) is 19.1 Å². The molecule has 1 heterocycles. The fourth-order valence-corrected chi connectivity index (χ4v) is 2.43. The third kappa shape index (κ3) is 5.09. The number of likely N-dealkylation sites (N-methyl/N-ethyl adjacent to an activating group) is 1. The van der Waals surface area contributed by atoms with Crippen molar-refractivity contribution in [3.8, 4) is 0 Å². The molecule has 21 heavy (non-hydrogen) atoms. The van der Waals surface area contributed by atoms with Gasteiger partial charge >= 0.3 is 12.0 Å². The summed E-state index contributed by atoms with van der Waals surface area (Å²) in [5.41, 5.74) is 0. The molecule has 3 N–H and O–H groups in total. The van der Waals surface area contributed by atoms with E-state index < -0.39 is 24.1 Å². The molecule has 9 heteroatoms. The van der Waals surface area contributed by atoms with Crippen LogP contribution in [0, 0.1) is 0 Å². The minimum absolute atomic E-state index is 0.107. The predicted octanol–water partition coefficient (Wildman–Crippen LogP) is -0.651. The smallest absolute Gasteiger partial charge is 0.326 e. The summed E-state index contributed by atoms with van der Waals surface area (Å²) in [5, 5.41) is 14.1. The van der Waals surface area contributed by atoms with Crippen LogP contribution in [0.4, 0.5) is 4.79 Å². The van der Waals surface area contributed by atoms with Crippen molar-refractivity contribution in [3.63, 3.8) is 0 Å². The minimum atomic E-state index is -1.08. The summed E-state index contributed by atoms with van der Waals surface area (Å²) < 4.78 is 5.20. The monoisotopic (exact) mass is 319 g/mol. The first-order valence-electron chi connectivity index (χ1n) is 6.59. The van der Waals surface area contributed by atoms with Gasteiger partial charge in [-0.2, -0.15) is 11.8 Å². The van der Waals surface area contributed by atoms with Crippen molar-refractivity contribution in [2.24, 2.45) is 0 Å². The average molecular weight is 319 g/mol. The number of carbonyl (C=O) groups is 3. The number of hydrogen-bond donors (Lipinski definition) is 3. The Hall–Kier alpha value is -1.48. The number of nitrogens with one attached hydrogen (secondary N) is 2. The number of aliphatic carboxylic acids is 1. The topological polar surface area (TPSA) is 108 Å². The van der Waals surface area contributed by atoms with Crippen LogP contribution < -0.4 is 10.6 Å². The zero-order valence-electron chi connectivity index (χ0n) is 12.1. The van der Waals surface area contributed by atoms with Crippen LogP contribution in [0.3, 0.4) is 0 Å². The molecule has 0 aromatic heterocycles. The van der Waals surface area contributed by atoms with Gasteiger partial charge in [-0.05, 0) is 18.4 Å². The molecule has 0 bridgehead atoms. The second-order valence-electron chi connectivity index (χ2n) is 4.52. The zero-order valence-corrected chi connectivity index (χ0v) is 12.9. The first-order valence-corrected chi connectivity index (χ1v) is 7.98. The molecular weight excluding hydrogens is 298 g/mol. The van der Waals surface area contributed by atoms with E-state index in [0.717, 1.165) is 0 Å². The summed E-state index contributed by atoms with van der Waals surface area (Å²) in [7, 11) is 1.48. The Kier molecular flexibility index (Phi) is 7.30. The number of nitrogens with zero attached hydrogens (tertiary/aromatic N) is 1. The van der Waals surface area contributed by atoms with Gasteiger partial charge in [0.25, 0.3) is 0 Å². The fourth-order valence-electron chi connectivity index (χ4n) is 1.96. The van der Waals surface area contributed by atoms with Gasteiger partial charge in [-0.1, -0.05) is 0 Å². The van der Waals surface area contributed by atoms with Gasteiger partial charge in [-0.25, -0.2) is 9.59 Å². The Morgan fingerprint density at radius 1 is 1.48 bits per heavy atom. The lowest BCUT2D eigenvalue weighted by atomic mass is 10.2. The fraction of sp³-hybridized carbons (Fsp3) is 0.750. The Labute approximate surface area is 127 Å². The maximum atomic E-state index is 12.2. The summed E-state index contributed by atoms with van der Waals surface area (Å²) >= 11 is 1.51. The molecule has 0 saturated carbocycles. The van der Waals surface area contributed by atoms with Gasteiger partial charge in [0.1, 0.15) is 12.1 Å². The van der Waals surface area contributed by atoms with Gasteiger partial charge in [0.2, 0.25) is 5.91 Å². The second-order valence-corrected chi connectivity index (χ2v) is 5.51. The minimum Gasteiger partial charge on any atom is -0.480 e. The number of carbonyl (C=O) groups excluding carboxylic acids is 2. The van der Waals surface area contributed by atoms with Crippen LogP contribution >= 0.6 is 11.8 Å². The maximum absolute atomic E-state index is 12.2. The van der Waals surface area contributed by atoms with Gasteiger partial charge in [0.15, 0.2) is 0 Å². The molecule has 8 nitrogen and oxygen atoms in total. The second kappa shape index (κ2) is 8.73. The van der Waals surface area contributed by atoms with Crippen molar-refractivity contribution in [2.75, 3.05) is 38.8 Å². The van der Waals surface area contributed by atoms with Gasteiger partial charge in [0.05, 0.1) is 13.2 Å². The highest BCUT2D eigenvalue weighted by Crippen LogP contribution is 2.09. The Bertz CT molecular complexity index is 393. The first kappa shape index (κ1) is 17.6. The molecule has 0 radical (unpaired) electrons. The molecule has 3 amide bonds. The van der Waals surface area contributed by atoms with Crippen molar-refractivity contribution in [2.45, 2.75) is 18.5 Å². The van der Waals surface area contributed by atoms with Gasteiger partial charge < -0.3 is 25.4 Å². The number of thioether (sulfide) groups is 1. The molecule has 1 saturated heterocycles. The molecule has 1 rings (SSSR count). The summed E-state index contributed by atoms with van der Waals surface area (Å²) in [6, 6.07) is -2.25. The highest BCUT2D eigenvalue weighted by molar-refractivity contribution is 7.98. The van der Waals surface area contributed by atoms with Crippen LogP contribution in [0.2, 0.25) is 0 Å². The normalized spacial score (nSPS) is 19.7. The number of rotatable bonds is 6. The standard InChI is InChI=1S/C12H21N3O5S/c1-13-10(16)9-7-20-5-4-15(9)12(19)14-8(11(17)18)3-6-21-2/h8-9H,3-7H2,1-2H3,(H,13,16)(H,14,19)(H,17,18)/t8-,9?/m0/s1. The molecule has 0 aromatic carbocycles. The van der Waals surface area contributed by atoms with Crippen LogP contribution in [0.1, 0.15) is 6.42 Å². The van der Waals surface area contributed by atoms with Crippen molar-refractivity contribution in [1.82, 2.24) is 15.5 Å². The van der Waals surface area contributed by atoms with E-state index in [4.69, 9.17) is 9.84 Å². The number of carboxylic acid groups (broad SMARTS) is 1. The van der Waals surface area contributed by atoms with Crippen LogP contribution in [-0.2, 0) is 14.3 Å². The van der Waals surface area contributed by atoms with Crippen LogP contribution in [-0.4, -0.2) is 78.8 Å². The molecule has 0 spiro atoms. The molecule has 1 aliphatic rings. The largest absolute Gasteiger partial charge is 0.480 e. The molecule has 0 aromatic rings. The molecule has 2 atom stereocenters. The number of amides is 3. The molecule has 1 unspecified atom stereocenters. The Balaban J connectivity index is 2.69. The summed E-state index contributed by atoms with van der Waals surface area (Å²) in [4.78, 5) is 36.4. The van der Waals surface area contributed by atoms with Gasteiger partial charge in [-0.15, -0.1) is 0 Å². The number of urea groups is 1. The molecular formula is C12H21N3O5S. The lowest BCUT2D eigenvalue weighted by Gasteiger charge is -2.34. The predicted molar refractivity (Wildman–Crippen MR) is 78.3 cm³/mol. The number of ether oxygens (including phenoxy) is 1. The van der Waals surface area contributed by atoms with Crippen LogP contribution in [0.15, 0.2) is 0 Å². The van der Waals surface area contributed by atoms with E-state index in [1.54, 1.807) is 0 Å². The Morgan fingerprint density at radius 2 is 2.19 bits per heavy atom. The number of hydrogen-bond acceptors (Lipinski definition) is 5. The highest BCUT2D eigenvalue weighted by atomic mass is 32.2. The van der Waals surface area contributed by atoms with E-state index in [1.807, 2.05) is 6.26 Å². The van der Waals surface area contributed by atoms with Gasteiger partial charge in [-0.3, -0.25) is 4.79 Å². The van der Waals surface area contributed by atoms with E-state index in [9.17, 15) is 14.4 Å². The zero-order chi connectivity index (χ0) is 15.8. The summed E-state index contributed by atoms with van der Waals surface area (Å²) in [6.07, 6.45) is 2.20. The maximum Gasteiger partial charge on any atom is 0.326 e. The SMILES string of the molecule is CNC(=O)C1COCCN1C(=O)N[C@@H](CCSC)C(=O)O. The third-order valence-electron chi connectivity index (χ3n) is 3.14. The van der Waals surface area contributed by atoms with E-state index in [2.05, 4.69) is 10.6 Å². The number of carboxylic acids is 1. The molecule has 1 aliphatic heterocycles. The lowest BCUT2D eigenvalue weighted by Crippen LogP contribution is -2.59. The van der Waals surface area contributed by atoms with Crippen molar-refractivity contribution in [1.29, 1.82) is 0 Å². The van der Waals surface area contributed by atoms with Crippen LogP contribution in [0.5, 0.6) is 0 Å². The first-order chi connectivity index (χ1) is 10.0. The Morgan fingerprint density at radius 3 is 2.76 bits per heavy atom. The summed E-state index contributed by atoms with van der Waals surface area (Å²) in [5.74, 6) is -0.790. The molecule has 1 fully saturated rings. The van der Waals surface area contributed by atoms with Crippen molar-refractivity contribution in [3.05, 3.63) is 0 Å². The van der Waals surface area contributed by atoms with E-state index >= 15 is 0 Å². The van der Waals surface area contributed by atoms with Crippen LogP contribution in [0.25, 0.3) is 0 Å². The van der Waals surface area contributed by atoms with E-state index in [1.165, 1.54) is 23.7 Å². The number of morpholine rings is 1. The van der Waals surface area contributed by atoms with Gasteiger partial charge in [0, 0.05) is 13.6 Å². The molecule has 120 valence electrons.